The number of ketones is 2. The van der Waals surface area contributed by atoms with E-state index in [-0.39, 0.29) is 11.6 Å². The van der Waals surface area contributed by atoms with Gasteiger partial charge in [0.25, 0.3) is 0 Å². The van der Waals surface area contributed by atoms with Gasteiger partial charge in [0.2, 0.25) is 0 Å². The van der Waals surface area contributed by atoms with Gasteiger partial charge in [0.05, 0.1) is 0 Å². The Bertz CT molecular complexity index is 297. The lowest BCUT2D eigenvalue weighted by Crippen LogP contribution is -2.09. The van der Waals surface area contributed by atoms with Gasteiger partial charge in [-0.1, -0.05) is 6.07 Å². The minimum absolute atomic E-state index is 0.0856. The molecule has 0 radical (unpaired) electrons. The highest BCUT2D eigenvalue weighted by Gasteiger charge is 2.34. The minimum atomic E-state index is -0.426. The number of Topliss-reactive ketones (excluding diaryl/α,β-unsaturated/α-hetero) is 2. The van der Waals surface area contributed by atoms with Gasteiger partial charge >= 0.3 is 0 Å². The summed E-state index contributed by atoms with van der Waals surface area (Å²) in [5.41, 5.74) is 0. The van der Waals surface area contributed by atoms with Crippen molar-refractivity contribution in [3.05, 3.63) is 22.4 Å². The van der Waals surface area contributed by atoms with Gasteiger partial charge in [0.15, 0.2) is 0 Å². The van der Waals surface area contributed by atoms with Crippen molar-refractivity contribution in [1.82, 2.24) is 0 Å². The Labute approximate surface area is 74.2 Å². The number of rotatable bonds is 1. The van der Waals surface area contributed by atoms with Crippen molar-refractivity contribution in [2.75, 3.05) is 0 Å². The lowest BCUT2D eigenvalue weighted by molar-refractivity contribution is -0.123. The Balaban J connectivity index is 2.34. The molecule has 12 heavy (non-hydrogen) atoms. The summed E-state index contributed by atoms with van der Waals surface area (Å²) in [5.74, 6) is -0.255. The van der Waals surface area contributed by atoms with Crippen LogP contribution in [0.15, 0.2) is 17.5 Å². The van der Waals surface area contributed by atoms with Crippen LogP contribution in [0.4, 0.5) is 0 Å². The molecule has 1 heterocycles. The zero-order valence-electron chi connectivity index (χ0n) is 6.45. The van der Waals surface area contributed by atoms with E-state index >= 15 is 0 Å². The van der Waals surface area contributed by atoms with Gasteiger partial charge in [-0.3, -0.25) is 9.59 Å². The van der Waals surface area contributed by atoms with Gasteiger partial charge in [-0.2, -0.15) is 0 Å². The third-order valence-electron chi connectivity index (χ3n) is 2.09. The van der Waals surface area contributed by atoms with Crippen LogP contribution in [0.5, 0.6) is 0 Å². The molecule has 0 saturated heterocycles. The van der Waals surface area contributed by atoms with Crippen molar-refractivity contribution >= 4 is 22.9 Å². The van der Waals surface area contributed by atoms with Crippen molar-refractivity contribution in [1.29, 1.82) is 0 Å². The molecule has 1 aromatic rings. The normalized spacial score (nSPS) is 19.0. The van der Waals surface area contributed by atoms with Crippen molar-refractivity contribution in [3.63, 3.8) is 0 Å². The molecule has 62 valence electrons. The number of thiophene rings is 1. The van der Waals surface area contributed by atoms with Crippen LogP contribution in [-0.2, 0) is 9.59 Å². The Kier molecular flexibility index (Phi) is 1.81. The van der Waals surface area contributed by atoms with E-state index in [1.54, 1.807) is 0 Å². The third-order valence-corrected chi connectivity index (χ3v) is 3.03. The smallest absolute Gasteiger partial charge is 0.149 e. The van der Waals surface area contributed by atoms with E-state index in [9.17, 15) is 9.59 Å². The summed E-state index contributed by atoms with van der Waals surface area (Å²) in [4.78, 5) is 23.4. The molecule has 2 nitrogen and oxygen atoms in total. The van der Waals surface area contributed by atoms with Gasteiger partial charge in [0, 0.05) is 17.7 Å². The van der Waals surface area contributed by atoms with Gasteiger partial charge in [-0.25, -0.2) is 0 Å². The van der Waals surface area contributed by atoms with Crippen LogP contribution in [0.1, 0.15) is 23.6 Å². The van der Waals surface area contributed by atoms with Gasteiger partial charge in [0.1, 0.15) is 17.5 Å². The predicted octanol–water partition coefficient (Wildman–Crippen LogP) is 1.76. The Morgan fingerprint density at radius 3 is 2.42 bits per heavy atom. The second-order valence-corrected chi connectivity index (χ2v) is 3.86. The summed E-state index contributed by atoms with van der Waals surface area (Å²) >= 11 is 1.49. The van der Waals surface area contributed by atoms with Gasteiger partial charge in [-0.15, -0.1) is 11.3 Å². The summed E-state index contributed by atoms with van der Waals surface area (Å²) < 4.78 is 0. The van der Waals surface area contributed by atoms with Crippen LogP contribution >= 0.6 is 11.3 Å². The minimum Gasteiger partial charge on any atom is -0.298 e. The fourth-order valence-corrected chi connectivity index (χ4v) is 2.36. The van der Waals surface area contributed by atoms with Crippen LogP contribution in [0.2, 0.25) is 0 Å². The monoisotopic (exact) mass is 180 g/mol. The fraction of sp³-hybridized carbons (Fsp3) is 0.333. The topological polar surface area (TPSA) is 34.1 Å². The van der Waals surface area contributed by atoms with Crippen molar-refractivity contribution in [2.45, 2.75) is 18.8 Å². The molecule has 1 aliphatic carbocycles. The van der Waals surface area contributed by atoms with E-state index < -0.39 is 5.92 Å². The van der Waals surface area contributed by atoms with Crippen LogP contribution in [0.3, 0.4) is 0 Å². The summed E-state index contributed by atoms with van der Waals surface area (Å²) in [6.07, 6.45) is 0.864. The highest BCUT2D eigenvalue weighted by molar-refractivity contribution is 7.10. The standard InChI is InChI=1S/C9H8O2S/c10-6-3-4-7(11)9(6)8-2-1-5-12-8/h1-2,5,9H,3-4H2. The quantitative estimate of drug-likeness (QED) is 0.617. The maximum atomic E-state index is 11.3. The third kappa shape index (κ3) is 1.10. The van der Waals surface area contributed by atoms with E-state index in [1.807, 2.05) is 17.5 Å². The van der Waals surface area contributed by atoms with Crippen molar-refractivity contribution < 1.29 is 9.59 Å². The Hall–Kier alpha value is -0.960. The average molecular weight is 180 g/mol. The highest BCUT2D eigenvalue weighted by Crippen LogP contribution is 2.30. The Morgan fingerprint density at radius 1 is 1.25 bits per heavy atom. The predicted molar refractivity (Wildman–Crippen MR) is 46.3 cm³/mol. The molecule has 0 N–H and O–H groups in total. The molecule has 0 bridgehead atoms. The zero-order valence-corrected chi connectivity index (χ0v) is 7.26. The van der Waals surface area contributed by atoms with Crippen LogP contribution in [-0.4, -0.2) is 11.6 Å². The molecule has 0 spiro atoms. The Morgan fingerprint density at radius 2 is 1.92 bits per heavy atom. The molecule has 3 heteroatoms. The van der Waals surface area contributed by atoms with Gasteiger partial charge < -0.3 is 0 Å². The second kappa shape index (κ2) is 2.83. The highest BCUT2D eigenvalue weighted by atomic mass is 32.1. The number of hydrogen-bond donors (Lipinski definition) is 0. The lowest BCUT2D eigenvalue weighted by atomic mass is 10.1. The molecule has 1 saturated carbocycles. The van der Waals surface area contributed by atoms with Crippen LogP contribution < -0.4 is 0 Å². The van der Waals surface area contributed by atoms with Crippen LogP contribution in [0.25, 0.3) is 0 Å². The molecule has 0 atom stereocenters. The summed E-state index contributed by atoms with van der Waals surface area (Å²) in [7, 11) is 0. The summed E-state index contributed by atoms with van der Waals surface area (Å²) in [5, 5.41) is 1.90. The molecule has 0 aliphatic heterocycles. The number of carbonyl (C=O) groups excluding carboxylic acids is 2. The van der Waals surface area contributed by atoms with Crippen molar-refractivity contribution in [3.8, 4) is 0 Å². The molecule has 2 rings (SSSR count). The SMILES string of the molecule is O=C1CCC(=O)C1c1cccs1. The molecule has 0 unspecified atom stereocenters. The number of hydrogen-bond acceptors (Lipinski definition) is 3. The molecular weight excluding hydrogens is 172 g/mol. The fourth-order valence-electron chi connectivity index (χ4n) is 1.49. The average Bonchev–Trinajstić information content (AvgIpc) is 2.61. The maximum absolute atomic E-state index is 11.3. The van der Waals surface area contributed by atoms with Gasteiger partial charge in [-0.05, 0) is 11.4 Å². The summed E-state index contributed by atoms with van der Waals surface area (Å²) in [6.45, 7) is 0. The second-order valence-electron chi connectivity index (χ2n) is 2.88. The molecule has 0 amide bonds. The lowest BCUT2D eigenvalue weighted by Gasteiger charge is -2.01. The van der Waals surface area contributed by atoms with E-state index in [4.69, 9.17) is 0 Å². The summed E-state index contributed by atoms with van der Waals surface area (Å²) in [6, 6.07) is 3.73. The largest absolute Gasteiger partial charge is 0.298 e. The van der Waals surface area contributed by atoms with E-state index in [0.717, 1.165) is 4.88 Å². The van der Waals surface area contributed by atoms with E-state index in [2.05, 4.69) is 0 Å². The first-order valence-electron chi connectivity index (χ1n) is 3.88. The first-order valence-corrected chi connectivity index (χ1v) is 4.76. The first-order chi connectivity index (χ1) is 5.79. The van der Waals surface area contributed by atoms with Crippen molar-refractivity contribution in [2.24, 2.45) is 0 Å². The first kappa shape index (κ1) is 7.68. The molecular formula is C9H8O2S. The number of carbonyl (C=O) groups is 2. The molecule has 1 fully saturated rings. The van der Waals surface area contributed by atoms with Crippen LogP contribution in [0, 0.1) is 0 Å². The molecule has 1 aliphatic rings. The molecule has 1 aromatic heterocycles. The van der Waals surface area contributed by atoms with E-state index in [0.29, 0.717) is 12.8 Å². The zero-order chi connectivity index (χ0) is 8.55. The molecule has 0 aromatic carbocycles. The van der Waals surface area contributed by atoms with E-state index in [1.165, 1.54) is 11.3 Å². The maximum Gasteiger partial charge on any atom is 0.149 e.